The molecule has 1 atom stereocenters. The molecular formula is C18H27N3. The number of hydrogen-bond donors (Lipinski definition) is 1. The van der Waals surface area contributed by atoms with Gasteiger partial charge in [-0.3, -0.25) is 4.68 Å². The van der Waals surface area contributed by atoms with Crippen LogP contribution in [0.15, 0.2) is 24.3 Å². The van der Waals surface area contributed by atoms with Gasteiger partial charge >= 0.3 is 0 Å². The highest BCUT2D eigenvalue weighted by atomic mass is 15.3. The summed E-state index contributed by atoms with van der Waals surface area (Å²) in [5, 5.41) is 9.92. The van der Waals surface area contributed by atoms with Crippen LogP contribution in [0.5, 0.6) is 0 Å². The first-order chi connectivity index (χ1) is 10.2. The fourth-order valence-electron chi connectivity index (χ4n) is 3.40. The number of aromatic nitrogens is 2. The number of nitrogens with zero attached hydrogens (tertiary/aromatic N) is 2. The Balaban J connectivity index is 1.85. The Morgan fingerprint density at radius 3 is 2.71 bits per heavy atom. The van der Waals surface area contributed by atoms with Gasteiger partial charge < -0.3 is 5.32 Å². The monoisotopic (exact) mass is 285 g/mol. The molecule has 2 aromatic rings. The predicted octanol–water partition coefficient (Wildman–Crippen LogP) is 3.77. The summed E-state index contributed by atoms with van der Waals surface area (Å²) in [7, 11) is 0. The molecule has 21 heavy (non-hydrogen) atoms. The van der Waals surface area contributed by atoms with Crippen molar-refractivity contribution in [1.82, 2.24) is 15.1 Å². The fourth-order valence-corrected chi connectivity index (χ4v) is 3.40. The van der Waals surface area contributed by atoms with Crippen LogP contribution >= 0.6 is 0 Å². The average molecular weight is 285 g/mol. The lowest BCUT2D eigenvalue weighted by atomic mass is 9.91. The molecule has 0 bridgehead atoms. The third-order valence-corrected chi connectivity index (χ3v) is 5.06. The summed E-state index contributed by atoms with van der Waals surface area (Å²) in [5.41, 5.74) is 3.00. The Morgan fingerprint density at radius 2 is 2.05 bits per heavy atom. The van der Waals surface area contributed by atoms with Gasteiger partial charge in [0.2, 0.25) is 0 Å². The van der Waals surface area contributed by atoms with Crippen LogP contribution in [0.25, 0.3) is 10.9 Å². The molecule has 1 heterocycles. The molecule has 1 unspecified atom stereocenters. The standard InChI is InChI=1S/C18H27N3/c1-4-12-19-14(3)18(10-11-18)13-16-15-8-6-7-9-17(15)21(5-2)20-16/h6-9,14,19H,4-5,10-13H2,1-3H3. The van der Waals surface area contributed by atoms with E-state index in [1.807, 2.05) is 0 Å². The number of aryl methyl sites for hydroxylation is 1. The number of nitrogens with one attached hydrogen (secondary N) is 1. The molecule has 114 valence electrons. The third-order valence-electron chi connectivity index (χ3n) is 5.06. The van der Waals surface area contributed by atoms with Crippen LogP contribution in [0.4, 0.5) is 0 Å². The van der Waals surface area contributed by atoms with Gasteiger partial charge in [0.1, 0.15) is 0 Å². The Morgan fingerprint density at radius 1 is 1.29 bits per heavy atom. The Bertz CT molecular complexity index is 610. The topological polar surface area (TPSA) is 29.9 Å². The first-order valence-electron chi connectivity index (χ1n) is 8.38. The normalized spacial score (nSPS) is 18.0. The second kappa shape index (κ2) is 5.80. The van der Waals surface area contributed by atoms with E-state index in [0.29, 0.717) is 11.5 Å². The van der Waals surface area contributed by atoms with Gasteiger partial charge in [-0.1, -0.05) is 25.1 Å². The van der Waals surface area contributed by atoms with Crippen LogP contribution < -0.4 is 5.32 Å². The minimum absolute atomic E-state index is 0.435. The molecule has 3 heteroatoms. The van der Waals surface area contributed by atoms with Gasteiger partial charge in [0, 0.05) is 18.0 Å². The first-order valence-corrected chi connectivity index (χ1v) is 8.38. The Hall–Kier alpha value is -1.35. The zero-order chi connectivity index (χ0) is 14.9. The zero-order valence-electron chi connectivity index (χ0n) is 13.5. The number of para-hydroxylation sites is 1. The molecule has 0 amide bonds. The Labute approximate surface area is 127 Å². The number of rotatable bonds is 7. The van der Waals surface area contributed by atoms with Gasteiger partial charge in [-0.15, -0.1) is 0 Å². The zero-order valence-corrected chi connectivity index (χ0v) is 13.5. The molecule has 3 nitrogen and oxygen atoms in total. The second-order valence-corrected chi connectivity index (χ2v) is 6.49. The van der Waals surface area contributed by atoms with Gasteiger partial charge in [0.05, 0.1) is 11.2 Å². The van der Waals surface area contributed by atoms with E-state index in [1.165, 1.54) is 35.9 Å². The second-order valence-electron chi connectivity index (χ2n) is 6.49. The maximum Gasteiger partial charge on any atom is 0.0709 e. The van der Waals surface area contributed by atoms with Crippen molar-refractivity contribution >= 4 is 10.9 Å². The number of fused-ring (bicyclic) bond motifs is 1. The van der Waals surface area contributed by atoms with Gasteiger partial charge in [0.15, 0.2) is 0 Å². The summed E-state index contributed by atoms with van der Waals surface area (Å²) in [6.45, 7) is 8.81. The van der Waals surface area contributed by atoms with Crippen molar-refractivity contribution in [3.8, 4) is 0 Å². The van der Waals surface area contributed by atoms with Crippen LogP contribution in [-0.4, -0.2) is 22.4 Å². The van der Waals surface area contributed by atoms with E-state index in [0.717, 1.165) is 19.5 Å². The van der Waals surface area contributed by atoms with Crippen molar-refractivity contribution in [2.45, 2.75) is 59.0 Å². The molecule has 0 saturated heterocycles. The van der Waals surface area contributed by atoms with E-state index in [1.54, 1.807) is 0 Å². The van der Waals surface area contributed by atoms with Gasteiger partial charge in [-0.2, -0.15) is 5.10 Å². The molecule has 0 radical (unpaired) electrons. The van der Waals surface area contributed by atoms with Crippen molar-refractivity contribution in [3.63, 3.8) is 0 Å². The molecule has 1 aliphatic carbocycles. The van der Waals surface area contributed by atoms with E-state index in [-0.39, 0.29) is 0 Å². The third kappa shape index (κ3) is 2.71. The summed E-state index contributed by atoms with van der Waals surface area (Å²) in [6.07, 6.45) is 4.97. The maximum absolute atomic E-state index is 4.88. The van der Waals surface area contributed by atoms with Crippen molar-refractivity contribution in [3.05, 3.63) is 30.0 Å². The van der Waals surface area contributed by atoms with Crippen LogP contribution in [0.2, 0.25) is 0 Å². The quantitative estimate of drug-likeness (QED) is 0.839. The van der Waals surface area contributed by atoms with Crippen LogP contribution in [0.3, 0.4) is 0 Å². The smallest absolute Gasteiger partial charge is 0.0709 e. The Kier molecular flexibility index (Phi) is 4.03. The fraction of sp³-hybridized carbons (Fsp3) is 0.611. The molecule has 1 aromatic heterocycles. The van der Waals surface area contributed by atoms with Crippen LogP contribution in [0.1, 0.15) is 45.7 Å². The maximum atomic E-state index is 4.88. The molecule has 0 aliphatic heterocycles. The van der Waals surface area contributed by atoms with Gasteiger partial charge in [0.25, 0.3) is 0 Å². The van der Waals surface area contributed by atoms with Gasteiger partial charge in [-0.25, -0.2) is 0 Å². The molecule has 0 spiro atoms. The molecule has 1 saturated carbocycles. The van der Waals surface area contributed by atoms with E-state index < -0.39 is 0 Å². The van der Waals surface area contributed by atoms with E-state index in [2.05, 4.69) is 55.0 Å². The highest BCUT2D eigenvalue weighted by Gasteiger charge is 2.47. The van der Waals surface area contributed by atoms with Crippen molar-refractivity contribution < 1.29 is 0 Å². The van der Waals surface area contributed by atoms with Crippen LogP contribution in [-0.2, 0) is 13.0 Å². The van der Waals surface area contributed by atoms with E-state index in [9.17, 15) is 0 Å². The summed E-state index contributed by atoms with van der Waals surface area (Å²) in [6, 6.07) is 9.24. The van der Waals surface area contributed by atoms with E-state index in [4.69, 9.17) is 5.10 Å². The SMILES string of the molecule is CCCNC(C)C1(Cc2nn(CC)c3ccccc23)CC1. The summed E-state index contributed by atoms with van der Waals surface area (Å²) >= 11 is 0. The predicted molar refractivity (Wildman–Crippen MR) is 88.5 cm³/mol. The highest BCUT2D eigenvalue weighted by molar-refractivity contribution is 5.82. The van der Waals surface area contributed by atoms with Crippen molar-refractivity contribution in [2.75, 3.05) is 6.54 Å². The molecule has 3 rings (SSSR count). The molecule has 1 aromatic carbocycles. The summed E-state index contributed by atoms with van der Waals surface area (Å²) < 4.78 is 2.14. The molecular weight excluding hydrogens is 258 g/mol. The summed E-state index contributed by atoms with van der Waals surface area (Å²) in [4.78, 5) is 0. The average Bonchev–Trinajstić information content (AvgIpc) is 3.21. The van der Waals surface area contributed by atoms with E-state index >= 15 is 0 Å². The van der Waals surface area contributed by atoms with Gasteiger partial charge in [-0.05, 0) is 57.6 Å². The largest absolute Gasteiger partial charge is 0.314 e. The lowest BCUT2D eigenvalue weighted by molar-refractivity contribution is 0.347. The molecule has 1 fully saturated rings. The molecule has 1 N–H and O–H groups in total. The minimum atomic E-state index is 0.435. The highest BCUT2D eigenvalue weighted by Crippen LogP contribution is 2.51. The van der Waals surface area contributed by atoms with Crippen molar-refractivity contribution in [1.29, 1.82) is 0 Å². The number of benzene rings is 1. The van der Waals surface area contributed by atoms with Crippen molar-refractivity contribution in [2.24, 2.45) is 5.41 Å². The lowest BCUT2D eigenvalue weighted by Gasteiger charge is -2.24. The summed E-state index contributed by atoms with van der Waals surface area (Å²) in [5.74, 6) is 0. The minimum Gasteiger partial charge on any atom is -0.314 e. The lowest BCUT2D eigenvalue weighted by Crippen LogP contribution is -2.36. The van der Waals surface area contributed by atoms with Crippen LogP contribution in [0, 0.1) is 5.41 Å². The number of hydrogen-bond acceptors (Lipinski definition) is 2. The first kappa shape index (κ1) is 14.6. The molecule has 1 aliphatic rings.